The van der Waals surface area contributed by atoms with E-state index in [0.29, 0.717) is 19.2 Å². The minimum absolute atomic E-state index is 0.0227. The van der Waals surface area contributed by atoms with E-state index in [1.54, 1.807) is 12.0 Å². The number of amides is 2. The summed E-state index contributed by atoms with van der Waals surface area (Å²) in [5, 5.41) is 2.76. The molecule has 1 saturated heterocycles. The predicted octanol–water partition coefficient (Wildman–Crippen LogP) is 0.0465. The van der Waals surface area contributed by atoms with E-state index in [9.17, 15) is 4.79 Å². The fourth-order valence-corrected chi connectivity index (χ4v) is 1.16. The van der Waals surface area contributed by atoms with Crippen molar-refractivity contribution in [1.29, 1.82) is 0 Å². The highest BCUT2D eigenvalue weighted by Crippen LogP contribution is 2.04. The quantitative estimate of drug-likeness (QED) is 0.630. The number of methoxy groups -OCH3 is 1. The second kappa shape index (κ2) is 3.57. The summed E-state index contributed by atoms with van der Waals surface area (Å²) in [5.41, 5.74) is 0. The number of hydrogen-bond donors (Lipinski definition) is 1. The Labute approximate surface area is 66.5 Å². The van der Waals surface area contributed by atoms with Gasteiger partial charge in [-0.2, -0.15) is 0 Å². The zero-order chi connectivity index (χ0) is 8.27. The van der Waals surface area contributed by atoms with Crippen LogP contribution >= 0.6 is 0 Å². The van der Waals surface area contributed by atoms with Crippen LogP contribution in [0.3, 0.4) is 0 Å². The van der Waals surface area contributed by atoms with Crippen LogP contribution in [0.1, 0.15) is 6.92 Å². The summed E-state index contributed by atoms with van der Waals surface area (Å²) in [5.74, 6) is 0. The summed E-state index contributed by atoms with van der Waals surface area (Å²) in [4.78, 5) is 12.8. The van der Waals surface area contributed by atoms with Crippen LogP contribution in [0.15, 0.2) is 0 Å². The van der Waals surface area contributed by atoms with E-state index in [0.717, 1.165) is 6.54 Å². The van der Waals surface area contributed by atoms with Crippen molar-refractivity contribution in [2.75, 3.05) is 26.8 Å². The summed E-state index contributed by atoms with van der Waals surface area (Å²) in [6, 6.07) is 0.326. The minimum Gasteiger partial charge on any atom is -0.383 e. The molecule has 4 heteroatoms. The topological polar surface area (TPSA) is 41.6 Å². The number of nitrogens with zero attached hydrogens (tertiary/aromatic N) is 1. The fraction of sp³-hybridized carbons (Fsp3) is 0.857. The van der Waals surface area contributed by atoms with Crippen LogP contribution in [0.2, 0.25) is 0 Å². The molecule has 1 rings (SSSR count). The van der Waals surface area contributed by atoms with E-state index < -0.39 is 0 Å². The fourth-order valence-electron chi connectivity index (χ4n) is 1.16. The van der Waals surface area contributed by atoms with Crippen molar-refractivity contribution in [2.45, 2.75) is 13.0 Å². The van der Waals surface area contributed by atoms with Crippen molar-refractivity contribution >= 4 is 6.03 Å². The molecule has 1 N–H and O–H groups in total. The van der Waals surface area contributed by atoms with Gasteiger partial charge in [-0.25, -0.2) is 4.79 Å². The van der Waals surface area contributed by atoms with Gasteiger partial charge in [-0.3, -0.25) is 0 Å². The van der Waals surface area contributed by atoms with Gasteiger partial charge in [0, 0.05) is 26.2 Å². The largest absolute Gasteiger partial charge is 0.383 e. The van der Waals surface area contributed by atoms with Gasteiger partial charge in [-0.1, -0.05) is 0 Å². The van der Waals surface area contributed by atoms with Crippen LogP contribution in [-0.4, -0.2) is 43.8 Å². The highest BCUT2D eigenvalue weighted by molar-refractivity contribution is 5.76. The Bertz CT molecular complexity index is 149. The van der Waals surface area contributed by atoms with Gasteiger partial charge in [0.1, 0.15) is 0 Å². The highest BCUT2D eigenvalue weighted by atomic mass is 16.5. The van der Waals surface area contributed by atoms with Crippen LogP contribution < -0.4 is 5.32 Å². The maximum atomic E-state index is 11.0. The smallest absolute Gasteiger partial charge is 0.317 e. The average molecular weight is 158 g/mol. The molecule has 1 aliphatic rings. The van der Waals surface area contributed by atoms with Crippen molar-refractivity contribution in [3.63, 3.8) is 0 Å². The molecule has 0 spiro atoms. The number of urea groups is 1. The number of nitrogens with one attached hydrogen (secondary N) is 1. The Morgan fingerprint density at radius 2 is 2.55 bits per heavy atom. The third-order valence-corrected chi connectivity index (χ3v) is 1.88. The molecule has 0 aromatic rings. The van der Waals surface area contributed by atoms with E-state index in [4.69, 9.17) is 4.74 Å². The first-order valence-corrected chi connectivity index (χ1v) is 3.79. The molecule has 0 aliphatic carbocycles. The lowest BCUT2D eigenvalue weighted by Crippen LogP contribution is -2.35. The zero-order valence-electron chi connectivity index (χ0n) is 6.96. The average Bonchev–Trinajstić information content (AvgIpc) is 2.29. The first kappa shape index (κ1) is 8.33. The molecule has 2 amide bonds. The molecule has 0 aromatic carbocycles. The highest BCUT2D eigenvalue weighted by Gasteiger charge is 2.25. The molecule has 0 radical (unpaired) electrons. The van der Waals surface area contributed by atoms with Crippen LogP contribution in [-0.2, 0) is 4.74 Å². The molecule has 64 valence electrons. The molecule has 1 fully saturated rings. The number of rotatable bonds is 3. The molecular weight excluding hydrogens is 144 g/mol. The molecule has 1 atom stereocenters. The van der Waals surface area contributed by atoms with Crippen LogP contribution in [0.4, 0.5) is 4.79 Å². The van der Waals surface area contributed by atoms with Gasteiger partial charge in [-0.05, 0) is 6.92 Å². The summed E-state index contributed by atoms with van der Waals surface area (Å²) in [6.45, 7) is 4.07. The van der Waals surface area contributed by atoms with Crippen molar-refractivity contribution in [3.8, 4) is 0 Å². The first-order valence-electron chi connectivity index (χ1n) is 3.79. The van der Waals surface area contributed by atoms with Gasteiger partial charge in [0.05, 0.1) is 6.61 Å². The van der Waals surface area contributed by atoms with Gasteiger partial charge in [-0.15, -0.1) is 0 Å². The van der Waals surface area contributed by atoms with Crippen LogP contribution in [0.25, 0.3) is 0 Å². The standard InChI is InChI=1S/C7H14N2O2/c1-6-5-8-7(10)9(6)3-4-11-2/h6H,3-5H2,1-2H3,(H,8,10)/t6-/m0/s1. The van der Waals surface area contributed by atoms with Crippen molar-refractivity contribution in [1.82, 2.24) is 10.2 Å². The number of hydrogen-bond acceptors (Lipinski definition) is 2. The summed E-state index contributed by atoms with van der Waals surface area (Å²) < 4.78 is 4.88. The van der Waals surface area contributed by atoms with Gasteiger partial charge in [0.25, 0.3) is 0 Å². The van der Waals surface area contributed by atoms with E-state index in [-0.39, 0.29) is 6.03 Å². The Morgan fingerprint density at radius 3 is 3.00 bits per heavy atom. The number of carbonyl (C=O) groups excluding carboxylic acids is 1. The lowest BCUT2D eigenvalue weighted by atomic mass is 10.3. The Kier molecular flexibility index (Phi) is 2.70. The number of carbonyl (C=O) groups is 1. The predicted molar refractivity (Wildman–Crippen MR) is 41.4 cm³/mol. The lowest BCUT2D eigenvalue weighted by molar-refractivity contribution is 0.150. The molecule has 0 aromatic heterocycles. The van der Waals surface area contributed by atoms with Gasteiger partial charge in [0.2, 0.25) is 0 Å². The van der Waals surface area contributed by atoms with E-state index >= 15 is 0 Å². The van der Waals surface area contributed by atoms with Gasteiger partial charge < -0.3 is 15.0 Å². The minimum atomic E-state index is 0.0227. The molecule has 0 unspecified atom stereocenters. The SMILES string of the molecule is COCCN1C(=O)NC[C@@H]1C. The summed E-state index contributed by atoms with van der Waals surface area (Å²) in [7, 11) is 1.64. The van der Waals surface area contributed by atoms with Gasteiger partial charge in [0.15, 0.2) is 0 Å². The Hall–Kier alpha value is -0.770. The van der Waals surface area contributed by atoms with Gasteiger partial charge >= 0.3 is 6.03 Å². The third-order valence-electron chi connectivity index (χ3n) is 1.88. The first-order chi connectivity index (χ1) is 5.25. The van der Waals surface area contributed by atoms with Crippen LogP contribution in [0.5, 0.6) is 0 Å². The molecule has 0 bridgehead atoms. The maximum Gasteiger partial charge on any atom is 0.317 e. The molecule has 11 heavy (non-hydrogen) atoms. The van der Waals surface area contributed by atoms with Crippen molar-refractivity contribution in [2.24, 2.45) is 0 Å². The maximum absolute atomic E-state index is 11.0. The summed E-state index contributed by atoms with van der Waals surface area (Å²) >= 11 is 0. The third kappa shape index (κ3) is 1.83. The normalized spacial score (nSPS) is 24.0. The molecule has 1 heterocycles. The second-order valence-electron chi connectivity index (χ2n) is 2.72. The molecule has 0 saturated carbocycles. The van der Waals surface area contributed by atoms with E-state index in [1.165, 1.54) is 0 Å². The Morgan fingerprint density at radius 1 is 1.82 bits per heavy atom. The van der Waals surface area contributed by atoms with E-state index in [1.807, 2.05) is 6.92 Å². The summed E-state index contributed by atoms with van der Waals surface area (Å²) in [6.07, 6.45) is 0. The second-order valence-corrected chi connectivity index (χ2v) is 2.72. The van der Waals surface area contributed by atoms with Crippen LogP contribution in [0, 0.1) is 0 Å². The number of ether oxygens (including phenoxy) is 1. The Balaban J connectivity index is 2.35. The molecule has 4 nitrogen and oxygen atoms in total. The molecular formula is C7H14N2O2. The lowest BCUT2D eigenvalue weighted by Gasteiger charge is -2.18. The zero-order valence-corrected chi connectivity index (χ0v) is 6.96. The van der Waals surface area contributed by atoms with Crippen molar-refractivity contribution in [3.05, 3.63) is 0 Å². The monoisotopic (exact) mass is 158 g/mol. The van der Waals surface area contributed by atoms with E-state index in [2.05, 4.69) is 5.32 Å². The molecule has 1 aliphatic heterocycles. The van der Waals surface area contributed by atoms with Crippen molar-refractivity contribution < 1.29 is 9.53 Å².